The maximum atomic E-state index is 12.3. The lowest BCUT2D eigenvalue weighted by atomic mass is 10.0. The van der Waals surface area contributed by atoms with E-state index in [1.807, 2.05) is 4.90 Å². The average molecular weight is 319 g/mol. The number of carbonyl (C=O) groups excluding carboxylic acids is 1. The largest absolute Gasteiger partial charge is 0.461 e. The van der Waals surface area contributed by atoms with Gasteiger partial charge in [-0.05, 0) is 37.8 Å². The number of piperidine rings is 1. The number of amides is 2. The second kappa shape index (κ2) is 7.28. The van der Waals surface area contributed by atoms with Gasteiger partial charge >= 0.3 is 6.03 Å². The molecule has 8 nitrogen and oxygen atoms in total. The van der Waals surface area contributed by atoms with E-state index in [9.17, 15) is 4.79 Å². The Bertz CT molecular complexity index is 623. The summed E-state index contributed by atoms with van der Waals surface area (Å²) in [6.45, 7) is 1.10. The molecule has 0 aliphatic carbocycles. The molecule has 2 aromatic heterocycles. The lowest BCUT2D eigenvalue weighted by Crippen LogP contribution is -2.48. The number of nitrogens with one attached hydrogen (secondary N) is 2. The first-order valence-electron chi connectivity index (χ1n) is 7.88. The molecule has 8 heteroatoms. The molecule has 0 bridgehead atoms. The molecule has 23 heavy (non-hydrogen) atoms. The normalized spacial score (nSPS) is 18.1. The van der Waals surface area contributed by atoms with Crippen molar-refractivity contribution in [2.75, 3.05) is 13.2 Å². The zero-order valence-corrected chi connectivity index (χ0v) is 12.9. The molecular formula is C15H21N5O3. The standard InChI is InChI=1S/C15H21N5O3/c21-8-6-11-4-1-2-7-20(11)15(22)16-10-13-17-14(19-18-13)12-5-3-9-23-12/h3,5,9,11,21H,1-2,4,6-8,10H2,(H,16,22)(H,17,18,19)/t11-/m0/s1. The van der Waals surface area contributed by atoms with Crippen molar-refractivity contribution in [1.29, 1.82) is 0 Å². The highest BCUT2D eigenvalue weighted by molar-refractivity contribution is 5.74. The SMILES string of the molecule is O=C(NCc1nc(-c2ccco2)n[nH]1)N1CCCC[C@H]1CCO. The number of furan rings is 1. The summed E-state index contributed by atoms with van der Waals surface area (Å²) in [6.07, 6.45) is 5.23. The van der Waals surface area contributed by atoms with Crippen LogP contribution in [0.25, 0.3) is 11.6 Å². The van der Waals surface area contributed by atoms with Gasteiger partial charge in [0.2, 0.25) is 5.82 Å². The number of nitrogens with zero attached hydrogens (tertiary/aromatic N) is 3. The van der Waals surface area contributed by atoms with Crippen LogP contribution in [0.5, 0.6) is 0 Å². The van der Waals surface area contributed by atoms with Crippen LogP contribution in [0.1, 0.15) is 31.5 Å². The van der Waals surface area contributed by atoms with Gasteiger partial charge in [0.1, 0.15) is 5.82 Å². The Labute approximate surface area is 133 Å². The fourth-order valence-electron chi connectivity index (χ4n) is 2.87. The summed E-state index contributed by atoms with van der Waals surface area (Å²) < 4.78 is 5.23. The molecule has 0 unspecified atom stereocenters. The van der Waals surface area contributed by atoms with Gasteiger partial charge in [-0.1, -0.05) is 0 Å². The number of aromatic nitrogens is 3. The average Bonchev–Trinajstić information content (AvgIpc) is 3.24. The highest BCUT2D eigenvalue weighted by Gasteiger charge is 2.26. The van der Waals surface area contributed by atoms with Crippen LogP contribution < -0.4 is 5.32 Å². The number of rotatable bonds is 5. The van der Waals surface area contributed by atoms with Gasteiger partial charge in [0, 0.05) is 19.2 Å². The molecule has 0 saturated carbocycles. The first kappa shape index (κ1) is 15.5. The van der Waals surface area contributed by atoms with Crippen molar-refractivity contribution in [2.45, 2.75) is 38.3 Å². The Kier molecular flexibility index (Phi) is 4.92. The van der Waals surface area contributed by atoms with Crippen LogP contribution in [0.2, 0.25) is 0 Å². The van der Waals surface area contributed by atoms with Crippen molar-refractivity contribution in [2.24, 2.45) is 0 Å². The van der Waals surface area contributed by atoms with E-state index >= 15 is 0 Å². The van der Waals surface area contributed by atoms with Crippen LogP contribution in [0.3, 0.4) is 0 Å². The van der Waals surface area contributed by atoms with Crippen LogP contribution in [-0.4, -0.2) is 50.4 Å². The number of likely N-dealkylation sites (tertiary alicyclic amines) is 1. The molecule has 1 aliphatic rings. The molecular weight excluding hydrogens is 298 g/mol. The van der Waals surface area contributed by atoms with E-state index in [1.165, 1.54) is 0 Å². The van der Waals surface area contributed by atoms with Crippen LogP contribution in [0, 0.1) is 0 Å². The van der Waals surface area contributed by atoms with Crippen molar-refractivity contribution >= 4 is 6.03 Å². The predicted molar refractivity (Wildman–Crippen MR) is 82.4 cm³/mol. The summed E-state index contributed by atoms with van der Waals surface area (Å²) in [7, 11) is 0. The van der Waals surface area contributed by atoms with E-state index in [-0.39, 0.29) is 25.2 Å². The lowest BCUT2D eigenvalue weighted by molar-refractivity contribution is 0.131. The number of hydrogen-bond acceptors (Lipinski definition) is 5. The lowest BCUT2D eigenvalue weighted by Gasteiger charge is -2.35. The van der Waals surface area contributed by atoms with Crippen LogP contribution in [0.4, 0.5) is 4.79 Å². The third-order valence-corrected chi connectivity index (χ3v) is 4.03. The van der Waals surface area contributed by atoms with Crippen molar-refractivity contribution in [3.05, 3.63) is 24.2 Å². The van der Waals surface area contributed by atoms with Gasteiger partial charge in [-0.2, -0.15) is 0 Å². The fourth-order valence-corrected chi connectivity index (χ4v) is 2.87. The van der Waals surface area contributed by atoms with E-state index < -0.39 is 0 Å². The number of hydrogen-bond donors (Lipinski definition) is 3. The van der Waals surface area contributed by atoms with E-state index in [4.69, 9.17) is 9.52 Å². The second-order valence-corrected chi connectivity index (χ2v) is 5.60. The van der Waals surface area contributed by atoms with Crippen molar-refractivity contribution < 1.29 is 14.3 Å². The first-order chi connectivity index (χ1) is 11.3. The first-order valence-corrected chi connectivity index (χ1v) is 7.88. The summed E-state index contributed by atoms with van der Waals surface area (Å²) in [6, 6.07) is 3.53. The molecule has 0 radical (unpaired) electrons. The Morgan fingerprint density at radius 3 is 3.22 bits per heavy atom. The van der Waals surface area contributed by atoms with Gasteiger partial charge in [-0.25, -0.2) is 9.78 Å². The Morgan fingerprint density at radius 1 is 1.52 bits per heavy atom. The number of carbonyl (C=O) groups is 1. The van der Waals surface area contributed by atoms with Crippen molar-refractivity contribution in [3.63, 3.8) is 0 Å². The van der Waals surface area contributed by atoms with E-state index in [2.05, 4.69) is 20.5 Å². The van der Waals surface area contributed by atoms with E-state index in [0.717, 1.165) is 25.8 Å². The molecule has 1 atom stereocenters. The van der Waals surface area contributed by atoms with Crippen LogP contribution >= 0.6 is 0 Å². The van der Waals surface area contributed by atoms with Crippen molar-refractivity contribution in [1.82, 2.24) is 25.4 Å². The second-order valence-electron chi connectivity index (χ2n) is 5.60. The minimum atomic E-state index is -0.126. The highest BCUT2D eigenvalue weighted by atomic mass is 16.3. The Morgan fingerprint density at radius 2 is 2.43 bits per heavy atom. The predicted octanol–water partition coefficient (Wildman–Crippen LogP) is 1.51. The van der Waals surface area contributed by atoms with E-state index in [1.54, 1.807) is 18.4 Å². The summed E-state index contributed by atoms with van der Waals surface area (Å²) in [4.78, 5) is 18.4. The number of aliphatic hydroxyl groups excluding tert-OH is 1. The third-order valence-electron chi connectivity index (χ3n) is 4.03. The fraction of sp³-hybridized carbons (Fsp3) is 0.533. The molecule has 3 N–H and O–H groups in total. The third kappa shape index (κ3) is 3.70. The quantitative estimate of drug-likeness (QED) is 0.774. The maximum Gasteiger partial charge on any atom is 0.318 e. The molecule has 124 valence electrons. The monoisotopic (exact) mass is 319 g/mol. The van der Waals surface area contributed by atoms with E-state index in [0.29, 0.717) is 23.8 Å². The van der Waals surface area contributed by atoms with Gasteiger partial charge in [0.15, 0.2) is 5.76 Å². The molecule has 2 amide bonds. The van der Waals surface area contributed by atoms with Crippen molar-refractivity contribution in [3.8, 4) is 11.6 Å². The highest BCUT2D eigenvalue weighted by Crippen LogP contribution is 2.19. The molecule has 2 aromatic rings. The van der Waals surface area contributed by atoms with Gasteiger partial charge in [-0.3, -0.25) is 5.10 Å². The summed E-state index contributed by atoms with van der Waals surface area (Å²) in [5, 5.41) is 18.8. The minimum Gasteiger partial charge on any atom is -0.461 e. The summed E-state index contributed by atoms with van der Waals surface area (Å²) in [5.74, 6) is 1.62. The Hall–Kier alpha value is -2.35. The molecule has 0 spiro atoms. The van der Waals surface area contributed by atoms with Crippen LogP contribution in [0.15, 0.2) is 22.8 Å². The van der Waals surface area contributed by atoms with Gasteiger partial charge in [-0.15, -0.1) is 5.10 Å². The van der Waals surface area contributed by atoms with Gasteiger partial charge in [0.05, 0.1) is 12.8 Å². The molecule has 1 fully saturated rings. The smallest absolute Gasteiger partial charge is 0.318 e. The summed E-state index contributed by atoms with van der Waals surface area (Å²) >= 11 is 0. The number of urea groups is 1. The topological polar surface area (TPSA) is 107 Å². The Balaban J connectivity index is 1.56. The number of aromatic amines is 1. The zero-order chi connectivity index (χ0) is 16.1. The number of H-pyrrole nitrogens is 1. The number of aliphatic hydroxyl groups is 1. The maximum absolute atomic E-state index is 12.3. The molecule has 3 heterocycles. The van der Waals surface area contributed by atoms with Crippen LogP contribution in [-0.2, 0) is 6.54 Å². The molecule has 1 saturated heterocycles. The summed E-state index contributed by atoms with van der Waals surface area (Å²) in [5.41, 5.74) is 0. The van der Waals surface area contributed by atoms with Gasteiger partial charge < -0.3 is 19.7 Å². The molecule has 1 aliphatic heterocycles. The molecule has 0 aromatic carbocycles. The molecule has 3 rings (SSSR count). The minimum absolute atomic E-state index is 0.100. The van der Waals surface area contributed by atoms with Gasteiger partial charge in [0.25, 0.3) is 0 Å². The zero-order valence-electron chi connectivity index (χ0n) is 12.9.